The van der Waals surface area contributed by atoms with Gasteiger partial charge in [-0.15, -0.1) is 13.2 Å². The molecule has 0 aliphatic carbocycles. The van der Waals surface area contributed by atoms with E-state index in [-0.39, 0.29) is 0 Å². The molecule has 0 rings (SSSR count). The van der Waals surface area contributed by atoms with E-state index in [1.54, 1.807) is 0 Å². The van der Waals surface area contributed by atoms with Crippen LogP contribution in [-0.2, 0) is 0 Å². The second kappa shape index (κ2) is 8.79. The number of allylic oxidation sites excluding steroid dienone is 6. The fourth-order valence-electron chi connectivity index (χ4n) is 0.685. The van der Waals surface area contributed by atoms with Crippen LogP contribution in [0, 0.1) is 0 Å². The minimum absolute atomic E-state index is 1.06. The minimum Gasteiger partial charge on any atom is -0.106 e. The minimum atomic E-state index is 1.06. The molecule has 0 unspecified atom stereocenters. The zero-order chi connectivity index (χ0) is 10.9. The molecule has 0 saturated heterocycles. The van der Waals surface area contributed by atoms with E-state index in [1.807, 2.05) is 19.9 Å². The van der Waals surface area contributed by atoms with Gasteiger partial charge in [0.05, 0.1) is 0 Å². The van der Waals surface area contributed by atoms with E-state index >= 15 is 0 Å². The van der Waals surface area contributed by atoms with Crippen LogP contribution in [0.5, 0.6) is 0 Å². The van der Waals surface area contributed by atoms with Crippen molar-refractivity contribution in [2.45, 2.75) is 20.8 Å². The molecule has 0 aromatic heterocycles. The third kappa shape index (κ3) is 7.07. The topological polar surface area (TPSA) is 0 Å². The van der Waals surface area contributed by atoms with Crippen molar-refractivity contribution in [1.82, 2.24) is 0 Å². The van der Waals surface area contributed by atoms with Crippen molar-refractivity contribution in [2.75, 3.05) is 0 Å². The molecule has 13 heavy (non-hydrogen) atoms. The van der Waals surface area contributed by atoms with Crippen molar-refractivity contribution in [3.63, 3.8) is 0 Å². The van der Waals surface area contributed by atoms with Gasteiger partial charge in [0.2, 0.25) is 0 Å². The lowest BCUT2D eigenvalue weighted by Gasteiger charge is -1.99. The fourth-order valence-corrected chi connectivity index (χ4v) is 0.685. The lowest BCUT2D eigenvalue weighted by Crippen LogP contribution is -1.79. The van der Waals surface area contributed by atoms with Crippen LogP contribution in [0.2, 0.25) is 0 Å². The van der Waals surface area contributed by atoms with E-state index in [2.05, 4.69) is 45.4 Å². The Balaban J connectivity index is 0. The lowest BCUT2D eigenvalue weighted by molar-refractivity contribution is 1.40. The van der Waals surface area contributed by atoms with Gasteiger partial charge < -0.3 is 0 Å². The van der Waals surface area contributed by atoms with Gasteiger partial charge in [-0.1, -0.05) is 42.5 Å². The maximum atomic E-state index is 3.85. The maximum absolute atomic E-state index is 3.85. The smallest absolute Gasteiger partial charge is 0.0237 e. The molecule has 0 aromatic rings. The quantitative estimate of drug-likeness (QED) is 0.440. The average Bonchev–Trinajstić information content (AvgIpc) is 2.16. The van der Waals surface area contributed by atoms with E-state index in [0.717, 1.165) is 11.1 Å². The van der Waals surface area contributed by atoms with Crippen molar-refractivity contribution in [1.29, 1.82) is 0 Å². The summed E-state index contributed by atoms with van der Waals surface area (Å²) in [5, 5.41) is 0. The second-order valence-electron chi connectivity index (χ2n) is 2.62. The molecule has 0 nitrogen and oxygen atoms in total. The van der Waals surface area contributed by atoms with Crippen molar-refractivity contribution in [3.8, 4) is 0 Å². The van der Waals surface area contributed by atoms with Gasteiger partial charge in [-0.3, -0.25) is 0 Å². The third-order valence-electron chi connectivity index (χ3n) is 1.55. The van der Waals surface area contributed by atoms with Gasteiger partial charge in [-0.25, -0.2) is 0 Å². The number of hydrogen-bond acceptors (Lipinski definition) is 0. The summed E-state index contributed by atoms with van der Waals surface area (Å²) in [4.78, 5) is 0. The molecular weight excluding hydrogens is 156 g/mol. The SMILES string of the molecule is C=C.C=C/C(=C/C(C)=C\C)C(=C)C. The van der Waals surface area contributed by atoms with E-state index in [0.29, 0.717) is 0 Å². The third-order valence-corrected chi connectivity index (χ3v) is 1.55. The Morgan fingerprint density at radius 3 is 1.85 bits per heavy atom. The van der Waals surface area contributed by atoms with Crippen molar-refractivity contribution in [2.24, 2.45) is 0 Å². The van der Waals surface area contributed by atoms with Crippen molar-refractivity contribution < 1.29 is 0 Å². The van der Waals surface area contributed by atoms with Crippen molar-refractivity contribution in [3.05, 3.63) is 61.3 Å². The molecule has 0 aliphatic rings. The van der Waals surface area contributed by atoms with Crippen LogP contribution >= 0.6 is 0 Å². The van der Waals surface area contributed by atoms with Crippen LogP contribution in [0.15, 0.2) is 61.3 Å². The van der Waals surface area contributed by atoms with Gasteiger partial charge in [0.15, 0.2) is 0 Å². The number of hydrogen-bond donors (Lipinski definition) is 0. The Labute approximate surface area is 82.7 Å². The number of rotatable bonds is 3. The van der Waals surface area contributed by atoms with Crippen LogP contribution in [0.3, 0.4) is 0 Å². The highest BCUT2D eigenvalue weighted by atomic mass is 14.0. The molecule has 0 atom stereocenters. The second-order valence-corrected chi connectivity index (χ2v) is 2.62. The normalized spacial score (nSPS) is 11.3. The molecule has 0 saturated carbocycles. The molecule has 0 radical (unpaired) electrons. The molecule has 72 valence electrons. The monoisotopic (exact) mass is 176 g/mol. The molecule has 0 aromatic carbocycles. The van der Waals surface area contributed by atoms with Gasteiger partial charge in [0.1, 0.15) is 0 Å². The summed E-state index contributed by atoms with van der Waals surface area (Å²) in [6.45, 7) is 19.6. The summed E-state index contributed by atoms with van der Waals surface area (Å²) >= 11 is 0. The zero-order valence-electron chi connectivity index (χ0n) is 9.06. The first-order valence-corrected chi connectivity index (χ1v) is 4.24. The van der Waals surface area contributed by atoms with E-state index in [4.69, 9.17) is 0 Å². The Morgan fingerprint density at radius 2 is 1.62 bits per heavy atom. The fraction of sp³-hybridized carbons (Fsp3) is 0.231. The predicted octanol–water partition coefficient (Wildman–Crippen LogP) is 4.44. The largest absolute Gasteiger partial charge is 0.106 e. The van der Waals surface area contributed by atoms with Crippen LogP contribution in [-0.4, -0.2) is 0 Å². The summed E-state index contributed by atoms with van der Waals surface area (Å²) in [5.74, 6) is 0. The Kier molecular flexibility index (Phi) is 9.63. The Morgan fingerprint density at radius 1 is 1.15 bits per heavy atom. The molecule has 0 N–H and O–H groups in total. The summed E-state index contributed by atoms with van der Waals surface area (Å²) in [6, 6.07) is 0. The molecule has 0 fully saturated rings. The van der Waals surface area contributed by atoms with E-state index in [9.17, 15) is 0 Å². The van der Waals surface area contributed by atoms with Gasteiger partial charge in [0.25, 0.3) is 0 Å². The molecule has 0 aliphatic heterocycles. The van der Waals surface area contributed by atoms with E-state index < -0.39 is 0 Å². The van der Waals surface area contributed by atoms with Crippen LogP contribution in [0.4, 0.5) is 0 Å². The first-order chi connectivity index (χ1) is 6.11. The molecular formula is C13H20. The Bertz CT molecular complexity index is 226. The Hall–Kier alpha value is -1.30. The maximum Gasteiger partial charge on any atom is -0.0237 e. The summed E-state index contributed by atoms with van der Waals surface area (Å²) in [6.07, 6.45) is 5.97. The molecule has 0 spiro atoms. The van der Waals surface area contributed by atoms with Gasteiger partial charge in [-0.2, -0.15) is 0 Å². The standard InChI is InChI=1S/C11H16.C2H4/c1-6-10(5)8-11(7-2)9(3)4;1-2/h6-8H,2-3H2,1,4-5H3;1-2H2/b10-6-,11-8-;. The van der Waals surface area contributed by atoms with Crippen LogP contribution < -0.4 is 0 Å². The van der Waals surface area contributed by atoms with Gasteiger partial charge in [-0.05, 0) is 26.3 Å². The molecule has 0 heterocycles. The highest BCUT2D eigenvalue weighted by Gasteiger charge is 1.90. The predicted molar refractivity (Wildman–Crippen MR) is 63.8 cm³/mol. The first-order valence-electron chi connectivity index (χ1n) is 4.24. The summed E-state index contributed by atoms with van der Waals surface area (Å²) in [7, 11) is 0. The summed E-state index contributed by atoms with van der Waals surface area (Å²) in [5.41, 5.74) is 3.41. The van der Waals surface area contributed by atoms with Gasteiger partial charge >= 0.3 is 0 Å². The van der Waals surface area contributed by atoms with Crippen LogP contribution in [0.1, 0.15) is 20.8 Å². The van der Waals surface area contributed by atoms with E-state index in [1.165, 1.54) is 5.57 Å². The first kappa shape index (κ1) is 14.2. The van der Waals surface area contributed by atoms with Crippen LogP contribution in [0.25, 0.3) is 0 Å². The zero-order valence-corrected chi connectivity index (χ0v) is 9.06. The van der Waals surface area contributed by atoms with Crippen molar-refractivity contribution >= 4 is 0 Å². The summed E-state index contributed by atoms with van der Waals surface area (Å²) < 4.78 is 0. The lowest BCUT2D eigenvalue weighted by atomic mass is 10.1. The molecule has 0 bridgehead atoms. The van der Waals surface area contributed by atoms with Gasteiger partial charge in [0, 0.05) is 0 Å². The highest BCUT2D eigenvalue weighted by molar-refractivity contribution is 5.40. The highest BCUT2D eigenvalue weighted by Crippen LogP contribution is 2.10. The average molecular weight is 176 g/mol. The molecule has 0 amide bonds. The molecule has 0 heteroatoms.